The van der Waals surface area contributed by atoms with Crippen molar-refractivity contribution in [1.82, 2.24) is 9.97 Å². The number of aromatic nitrogens is 2. The number of nitrogens with zero attached hydrogens (tertiary/aromatic N) is 2. The van der Waals surface area contributed by atoms with Crippen molar-refractivity contribution >= 4 is 11.4 Å². The molecule has 0 saturated carbocycles. The molecule has 0 bridgehead atoms. The fourth-order valence-corrected chi connectivity index (χ4v) is 1.52. The van der Waals surface area contributed by atoms with E-state index in [4.69, 9.17) is 0 Å². The van der Waals surface area contributed by atoms with Crippen LogP contribution in [-0.2, 0) is 0 Å². The first-order valence-corrected chi connectivity index (χ1v) is 5.65. The first kappa shape index (κ1) is 11.4. The second-order valence-electron chi connectivity index (χ2n) is 3.91. The van der Waals surface area contributed by atoms with Crippen LogP contribution in [0.1, 0.15) is 6.92 Å². The summed E-state index contributed by atoms with van der Waals surface area (Å²) in [5.74, 6) is 0. The van der Waals surface area contributed by atoms with Gasteiger partial charge in [0.1, 0.15) is 0 Å². The van der Waals surface area contributed by atoms with Gasteiger partial charge in [-0.2, -0.15) is 0 Å². The van der Waals surface area contributed by atoms with Gasteiger partial charge in [0.15, 0.2) is 0 Å². The van der Waals surface area contributed by atoms with Crippen molar-refractivity contribution in [1.29, 1.82) is 0 Å². The monoisotopic (exact) mass is 228 g/mol. The van der Waals surface area contributed by atoms with Crippen molar-refractivity contribution in [2.45, 2.75) is 13.0 Å². The first-order valence-electron chi connectivity index (χ1n) is 5.65. The van der Waals surface area contributed by atoms with Gasteiger partial charge in [-0.05, 0) is 31.2 Å². The van der Waals surface area contributed by atoms with Crippen LogP contribution >= 0.6 is 0 Å². The summed E-state index contributed by atoms with van der Waals surface area (Å²) < 4.78 is 0. The van der Waals surface area contributed by atoms with Crippen LogP contribution in [0.3, 0.4) is 0 Å². The van der Waals surface area contributed by atoms with Crippen LogP contribution in [-0.4, -0.2) is 22.6 Å². The van der Waals surface area contributed by atoms with E-state index in [-0.39, 0.29) is 0 Å². The summed E-state index contributed by atoms with van der Waals surface area (Å²) in [6.07, 6.45) is 7.17. The van der Waals surface area contributed by atoms with Gasteiger partial charge in [-0.1, -0.05) is 0 Å². The minimum atomic E-state index is 0.319. The maximum Gasteiger partial charge on any atom is 0.0529 e. The molecule has 1 atom stereocenters. The number of hydrogen-bond acceptors (Lipinski definition) is 4. The number of hydrogen-bond donors (Lipinski definition) is 2. The molecule has 0 aliphatic heterocycles. The molecule has 0 aliphatic rings. The third kappa shape index (κ3) is 3.75. The molecule has 2 aromatic rings. The van der Waals surface area contributed by atoms with E-state index in [2.05, 4.69) is 27.5 Å². The van der Waals surface area contributed by atoms with E-state index >= 15 is 0 Å². The third-order valence-corrected chi connectivity index (χ3v) is 2.35. The average Bonchev–Trinajstić information content (AvgIpc) is 2.39. The number of pyridine rings is 2. The van der Waals surface area contributed by atoms with Crippen LogP contribution in [0.4, 0.5) is 11.4 Å². The van der Waals surface area contributed by atoms with Crippen molar-refractivity contribution in [3.8, 4) is 0 Å². The molecule has 0 fully saturated rings. The van der Waals surface area contributed by atoms with Crippen LogP contribution in [0.5, 0.6) is 0 Å². The van der Waals surface area contributed by atoms with Crippen molar-refractivity contribution in [3.05, 3.63) is 49.1 Å². The standard InChI is InChI=1S/C13H16N4/c1-11(17-13-5-3-7-15-10-13)8-16-12-4-2-6-14-9-12/h2-7,9-11,16-17H,8H2,1H3. The van der Waals surface area contributed by atoms with E-state index in [0.29, 0.717) is 6.04 Å². The highest BCUT2D eigenvalue weighted by Crippen LogP contribution is 2.06. The van der Waals surface area contributed by atoms with Crippen LogP contribution in [0, 0.1) is 0 Å². The minimum Gasteiger partial charge on any atom is -0.382 e. The molecule has 2 rings (SSSR count). The van der Waals surface area contributed by atoms with E-state index in [1.807, 2.05) is 36.7 Å². The lowest BCUT2D eigenvalue weighted by molar-refractivity contribution is 0.834. The maximum atomic E-state index is 4.06. The predicted molar refractivity (Wildman–Crippen MR) is 70.0 cm³/mol. The lowest BCUT2D eigenvalue weighted by Crippen LogP contribution is -2.24. The summed E-state index contributed by atoms with van der Waals surface area (Å²) in [5, 5.41) is 6.69. The summed E-state index contributed by atoms with van der Waals surface area (Å²) in [6, 6.07) is 8.17. The highest BCUT2D eigenvalue weighted by atomic mass is 15.0. The zero-order valence-electron chi connectivity index (χ0n) is 9.80. The first-order chi connectivity index (χ1) is 8.34. The largest absolute Gasteiger partial charge is 0.382 e. The molecule has 1 unspecified atom stereocenters. The molecule has 17 heavy (non-hydrogen) atoms. The van der Waals surface area contributed by atoms with Gasteiger partial charge in [-0.25, -0.2) is 0 Å². The van der Waals surface area contributed by atoms with E-state index in [1.54, 1.807) is 12.4 Å². The van der Waals surface area contributed by atoms with Crippen molar-refractivity contribution in [2.24, 2.45) is 0 Å². The summed E-state index contributed by atoms with van der Waals surface area (Å²) >= 11 is 0. The van der Waals surface area contributed by atoms with Gasteiger partial charge < -0.3 is 10.6 Å². The van der Waals surface area contributed by atoms with Crippen LogP contribution < -0.4 is 10.6 Å². The molecule has 2 aromatic heterocycles. The Labute approximate surface area is 101 Å². The molecule has 0 amide bonds. The van der Waals surface area contributed by atoms with Crippen molar-refractivity contribution in [3.63, 3.8) is 0 Å². The molecule has 0 aromatic carbocycles. The molecule has 2 heterocycles. The normalized spacial score (nSPS) is 11.8. The molecule has 4 nitrogen and oxygen atoms in total. The molecule has 4 heteroatoms. The fraction of sp³-hybridized carbons (Fsp3) is 0.231. The van der Waals surface area contributed by atoms with Gasteiger partial charge in [0.2, 0.25) is 0 Å². The smallest absolute Gasteiger partial charge is 0.0529 e. The Kier molecular flexibility index (Phi) is 3.91. The van der Waals surface area contributed by atoms with Gasteiger partial charge in [-0.15, -0.1) is 0 Å². The number of nitrogens with one attached hydrogen (secondary N) is 2. The zero-order chi connectivity index (χ0) is 11.9. The molecule has 2 N–H and O–H groups in total. The summed E-state index contributed by atoms with van der Waals surface area (Å²) in [6.45, 7) is 2.96. The Bertz CT molecular complexity index is 430. The van der Waals surface area contributed by atoms with Gasteiger partial charge >= 0.3 is 0 Å². The number of anilines is 2. The Balaban J connectivity index is 1.80. The molecule has 0 saturated heterocycles. The Morgan fingerprint density at radius 2 is 1.71 bits per heavy atom. The topological polar surface area (TPSA) is 49.8 Å². The Hall–Kier alpha value is -2.10. The molecule has 0 spiro atoms. The summed E-state index contributed by atoms with van der Waals surface area (Å²) in [4.78, 5) is 8.12. The maximum absolute atomic E-state index is 4.06. The lowest BCUT2D eigenvalue weighted by Gasteiger charge is -2.16. The van der Waals surface area contributed by atoms with E-state index in [0.717, 1.165) is 17.9 Å². The molecule has 88 valence electrons. The lowest BCUT2D eigenvalue weighted by atomic mass is 10.3. The van der Waals surface area contributed by atoms with E-state index < -0.39 is 0 Å². The highest BCUT2D eigenvalue weighted by molar-refractivity contribution is 5.43. The molecule has 0 aliphatic carbocycles. The number of rotatable bonds is 5. The quantitative estimate of drug-likeness (QED) is 0.825. The van der Waals surface area contributed by atoms with E-state index in [9.17, 15) is 0 Å². The average molecular weight is 228 g/mol. The van der Waals surface area contributed by atoms with Crippen molar-refractivity contribution in [2.75, 3.05) is 17.2 Å². The SMILES string of the molecule is CC(CNc1cccnc1)Nc1cccnc1. The predicted octanol–water partition coefficient (Wildman–Crippen LogP) is 2.39. The molecular weight excluding hydrogens is 212 g/mol. The second-order valence-corrected chi connectivity index (χ2v) is 3.91. The van der Waals surface area contributed by atoms with Gasteiger partial charge in [0, 0.05) is 37.4 Å². The zero-order valence-corrected chi connectivity index (χ0v) is 9.80. The van der Waals surface area contributed by atoms with Gasteiger partial charge in [-0.3, -0.25) is 9.97 Å². The van der Waals surface area contributed by atoms with Crippen LogP contribution in [0.25, 0.3) is 0 Å². The van der Waals surface area contributed by atoms with Gasteiger partial charge in [0.05, 0.1) is 11.4 Å². The molecular formula is C13H16N4. The van der Waals surface area contributed by atoms with Crippen LogP contribution in [0.15, 0.2) is 49.1 Å². The second kappa shape index (κ2) is 5.84. The fourth-order valence-electron chi connectivity index (χ4n) is 1.52. The van der Waals surface area contributed by atoms with E-state index in [1.165, 1.54) is 0 Å². The summed E-state index contributed by atoms with van der Waals surface area (Å²) in [7, 11) is 0. The highest BCUT2D eigenvalue weighted by Gasteiger charge is 2.01. The Morgan fingerprint density at radius 1 is 1.06 bits per heavy atom. The van der Waals surface area contributed by atoms with Crippen LogP contribution in [0.2, 0.25) is 0 Å². The minimum absolute atomic E-state index is 0.319. The van der Waals surface area contributed by atoms with Gasteiger partial charge in [0.25, 0.3) is 0 Å². The third-order valence-electron chi connectivity index (χ3n) is 2.35. The summed E-state index contributed by atoms with van der Waals surface area (Å²) in [5.41, 5.74) is 2.07. The Morgan fingerprint density at radius 3 is 2.29 bits per heavy atom. The van der Waals surface area contributed by atoms with Crippen molar-refractivity contribution < 1.29 is 0 Å². The molecule has 0 radical (unpaired) electrons.